The zero-order valence-corrected chi connectivity index (χ0v) is 13.1. The Hall–Kier alpha value is -0.710. The third kappa shape index (κ3) is 2.62. The van der Waals surface area contributed by atoms with Crippen molar-refractivity contribution in [2.45, 2.75) is 62.8 Å². The highest BCUT2D eigenvalue weighted by atomic mass is 32.2. The predicted octanol–water partition coefficient (Wildman–Crippen LogP) is 1.79. The zero-order valence-electron chi connectivity index (χ0n) is 12.3. The van der Waals surface area contributed by atoms with Crippen LogP contribution in [0.2, 0.25) is 0 Å². The molecule has 2 fully saturated rings. The fourth-order valence-corrected chi connectivity index (χ4v) is 4.07. The molecule has 2 aliphatic rings. The summed E-state index contributed by atoms with van der Waals surface area (Å²) < 4.78 is 0.150. The first kappa shape index (κ1) is 14.7. The molecule has 1 aliphatic heterocycles. The van der Waals surface area contributed by atoms with Crippen molar-refractivity contribution in [3.8, 4) is 0 Å². The fourth-order valence-electron chi connectivity index (χ4n) is 3.11. The maximum absolute atomic E-state index is 12.6. The van der Waals surface area contributed by atoms with E-state index in [1.807, 2.05) is 18.7 Å². The van der Waals surface area contributed by atoms with Gasteiger partial charge >= 0.3 is 0 Å². The minimum Gasteiger partial charge on any atom is -0.340 e. The van der Waals surface area contributed by atoms with Gasteiger partial charge in [-0.15, -0.1) is 0 Å². The van der Waals surface area contributed by atoms with Crippen molar-refractivity contribution >= 4 is 23.6 Å². The molecular weight excluding hydrogens is 260 g/mol. The molecular formula is C14H24N2O2S. The van der Waals surface area contributed by atoms with E-state index < -0.39 is 5.54 Å². The first-order valence-corrected chi connectivity index (χ1v) is 8.22. The van der Waals surface area contributed by atoms with Crippen LogP contribution in [0.3, 0.4) is 0 Å². The Labute approximate surface area is 119 Å². The molecule has 108 valence electrons. The summed E-state index contributed by atoms with van der Waals surface area (Å²) in [6.07, 6.45) is 6.87. The molecule has 1 unspecified atom stereocenters. The maximum atomic E-state index is 12.6. The quantitative estimate of drug-likeness (QED) is 0.859. The average Bonchev–Trinajstić information content (AvgIpc) is 2.81. The van der Waals surface area contributed by atoms with Crippen LogP contribution in [0.15, 0.2) is 0 Å². The summed E-state index contributed by atoms with van der Waals surface area (Å²) in [5.74, 6) is -0.00113. The second kappa shape index (κ2) is 5.00. The molecule has 0 aromatic heterocycles. The highest BCUT2D eigenvalue weighted by molar-refractivity contribution is 8.00. The van der Waals surface area contributed by atoms with Gasteiger partial charge < -0.3 is 10.2 Å². The van der Waals surface area contributed by atoms with Crippen LogP contribution in [0.4, 0.5) is 0 Å². The molecule has 1 aliphatic carbocycles. The zero-order chi connectivity index (χ0) is 14.3. The van der Waals surface area contributed by atoms with Crippen LogP contribution in [0.1, 0.15) is 46.5 Å². The first-order chi connectivity index (χ1) is 8.81. The largest absolute Gasteiger partial charge is 0.340 e. The number of nitrogens with zero attached hydrogens (tertiary/aromatic N) is 1. The Balaban J connectivity index is 2.21. The smallest absolute Gasteiger partial charge is 0.248 e. The van der Waals surface area contributed by atoms with Gasteiger partial charge in [0, 0.05) is 11.3 Å². The predicted molar refractivity (Wildman–Crippen MR) is 78.1 cm³/mol. The molecule has 2 rings (SSSR count). The van der Waals surface area contributed by atoms with E-state index in [0.717, 1.165) is 12.8 Å². The summed E-state index contributed by atoms with van der Waals surface area (Å²) in [6, 6.07) is -0.356. The second-order valence-electron chi connectivity index (χ2n) is 6.32. The number of hydrogen-bond donors (Lipinski definition) is 1. The molecule has 0 spiro atoms. The normalized spacial score (nSPS) is 29.5. The first-order valence-electron chi connectivity index (χ1n) is 7.00. The van der Waals surface area contributed by atoms with Gasteiger partial charge in [-0.1, -0.05) is 12.8 Å². The number of carbonyl (C=O) groups is 2. The monoisotopic (exact) mass is 284 g/mol. The minimum atomic E-state index is -0.776. The van der Waals surface area contributed by atoms with Gasteiger partial charge in [0.15, 0.2) is 0 Å². The molecule has 0 aromatic rings. The van der Waals surface area contributed by atoms with Crippen molar-refractivity contribution in [3.63, 3.8) is 0 Å². The van der Waals surface area contributed by atoms with Crippen molar-refractivity contribution in [1.82, 2.24) is 10.2 Å². The summed E-state index contributed by atoms with van der Waals surface area (Å²) in [7, 11) is 0. The van der Waals surface area contributed by atoms with E-state index in [1.54, 1.807) is 18.7 Å². The Morgan fingerprint density at radius 2 is 1.89 bits per heavy atom. The molecule has 0 bridgehead atoms. The molecule has 0 aromatic carbocycles. The summed E-state index contributed by atoms with van der Waals surface area (Å²) >= 11 is 1.85. The molecule has 1 atom stereocenters. The maximum Gasteiger partial charge on any atom is 0.248 e. The third-order valence-corrected chi connectivity index (χ3v) is 5.89. The Bertz CT molecular complexity index is 389. The van der Waals surface area contributed by atoms with Crippen LogP contribution in [0.5, 0.6) is 0 Å². The van der Waals surface area contributed by atoms with E-state index in [4.69, 9.17) is 0 Å². The highest BCUT2D eigenvalue weighted by Crippen LogP contribution is 2.41. The van der Waals surface area contributed by atoms with Crippen LogP contribution < -0.4 is 5.32 Å². The number of carbonyl (C=O) groups excluding carboxylic acids is 2. The molecule has 2 amide bonds. The minimum absolute atomic E-state index is 0.0416. The Morgan fingerprint density at radius 3 is 2.42 bits per heavy atom. The number of piperazine rings is 1. The third-order valence-electron chi connectivity index (χ3n) is 4.48. The van der Waals surface area contributed by atoms with Crippen molar-refractivity contribution in [3.05, 3.63) is 0 Å². The average molecular weight is 284 g/mol. The number of nitrogens with one attached hydrogen (secondary N) is 1. The fraction of sp³-hybridized carbons (Fsp3) is 0.857. The molecule has 1 N–H and O–H groups in total. The molecule has 0 radical (unpaired) electrons. The van der Waals surface area contributed by atoms with Crippen LogP contribution in [-0.4, -0.2) is 45.8 Å². The summed E-state index contributed by atoms with van der Waals surface area (Å²) in [5, 5.41) is 2.80. The lowest BCUT2D eigenvalue weighted by Crippen LogP contribution is -2.68. The topological polar surface area (TPSA) is 49.4 Å². The lowest BCUT2D eigenvalue weighted by Gasteiger charge is -2.45. The summed E-state index contributed by atoms with van der Waals surface area (Å²) in [4.78, 5) is 26.4. The van der Waals surface area contributed by atoms with Crippen LogP contribution in [-0.2, 0) is 9.59 Å². The number of thioether (sulfide) groups is 1. The van der Waals surface area contributed by atoms with Gasteiger partial charge in [-0.3, -0.25) is 9.59 Å². The van der Waals surface area contributed by atoms with Crippen LogP contribution >= 0.6 is 11.8 Å². The van der Waals surface area contributed by atoms with Crippen molar-refractivity contribution in [2.24, 2.45) is 0 Å². The van der Waals surface area contributed by atoms with Gasteiger partial charge in [-0.05, 0) is 39.9 Å². The van der Waals surface area contributed by atoms with Crippen molar-refractivity contribution < 1.29 is 9.59 Å². The number of amides is 2. The summed E-state index contributed by atoms with van der Waals surface area (Å²) in [5.41, 5.74) is -0.776. The van der Waals surface area contributed by atoms with Gasteiger partial charge in [0.05, 0.1) is 0 Å². The van der Waals surface area contributed by atoms with Crippen molar-refractivity contribution in [2.75, 3.05) is 12.8 Å². The van der Waals surface area contributed by atoms with Gasteiger partial charge in [0.25, 0.3) is 0 Å². The molecule has 5 heteroatoms. The highest BCUT2D eigenvalue weighted by Gasteiger charge is 2.46. The van der Waals surface area contributed by atoms with E-state index in [9.17, 15) is 9.59 Å². The van der Waals surface area contributed by atoms with Gasteiger partial charge in [-0.2, -0.15) is 11.8 Å². The van der Waals surface area contributed by atoms with Crippen molar-refractivity contribution in [1.29, 1.82) is 0 Å². The van der Waals surface area contributed by atoms with E-state index in [1.165, 1.54) is 12.8 Å². The second-order valence-corrected chi connectivity index (χ2v) is 7.59. The van der Waals surface area contributed by atoms with Gasteiger partial charge in [0.1, 0.15) is 11.6 Å². The van der Waals surface area contributed by atoms with E-state index >= 15 is 0 Å². The molecule has 1 saturated heterocycles. The van der Waals surface area contributed by atoms with Crippen LogP contribution in [0.25, 0.3) is 0 Å². The Kier molecular flexibility index (Phi) is 3.87. The Morgan fingerprint density at radius 1 is 1.32 bits per heavy atom. The van der Waals surface area contributed by atoms with Gasteiger partial charge in [0.2, 0.25) is 11.8 Å². The van der Waals surface area contributed by atoms with Crippen LogP contribution in [0, 0.1) is 0 Å². The molecule has 1 saturated carbocycles. The molecule has 19 heavy (non-hydrogen) atoms. The van der Waals surface area contributed by atoms with E-state index in [2.05, 4.69) is 11.6 Å². The SMILES string of the molecule is CSC1(CN2C(=O)C(C)(C)NC(=O)C2C)CCCC1. The summed E-state index contributed by atoms with van der Waals surface area (Å²) in [6.45, 7) is 6.09. The molecule has 1 heterocycles. The lowest BCUT2D eigenvalue weighted by molar-refractivity contribution is -0.153. The number of hydrogen-bond acceptors (Lipinski definition) is 3. The number of rotatable bonds is 3. The van der Waals surface area contributed by atoms with E-state index in [-0.39, 0.29) is 22.6 Å². The molecule has 4 nitrogen and oxygen atoms in total. The lowest BCUT2D eigenvalue weighted by atomic mass is 9.95. The van der Waals surface area contributed by atoms with E-state index in [0.29, 0.717) is 6.54 Å². The standard InChI is InChI=1S/C14H24N2O2S/c1-10-11(17)15-13(2,3)12(18)16(10)9-14(19-4)7-5-6-8-14/h10H,5-9H2,1-4H3,(H,15,17). The van der Waals surface area contributed by atoms with Gasteiger partial charge in [-0.25, -0.2) is 0 Å².